The first-order valence-electron chi connectivity index (χ1n) is 5.36. The number of aryl methyl sites for hydroxylation is 1. The van der Waals surface area contributed by atoms with Crippen LogP contribution in [0.5, 0.6) is 0 Å². The smallest absolute Gasteiger partial charge is 0.273 e. The number of amides is 1. The summed E-state index contributed by atoms with van der Waals surface area (Å²) >= 11 is 0. The largest absolute Gasteiger partial charge is 0.343 e. The molecule has 0 atom stereocenters. The Balaban J connectivity index is 2.26. The number of nitrogens with zero attached hydrogens (tertiary/aromatic N) is 4. The highest BCUT2D eigenvalue weighted by Gasteiger charge is 2.18. The van der Waals surface area contributed by atoms with Crippen molar-refractivity contribution in [1.82, 2.24) is 19.7 Å². The van der Waals surface area contributed by atoms with E-state index < -0.39 is 0 Å². The van der Waals surface area contributed by atoms with E-state index in [1.807, 2.05) is 10.7 Å². The highest BCUT2D eigenvalue weighted by Crippen LogP contribution is 2.12. The molecule has 2 heterocycles. The minimum Gasteiger partial charge on any atom is -0.343 e. The van der Waals surface area contributed by atoms with Crippen LogP contribution in [0.25, 0.3) is 0 Å². The van der Waals surface area contributed by atoms with E-state index >= 15 is 0 Å². The summed E-state index contributed by atoms with van der Waals surface area (Å²) in [6, 6.07) is 1.83. The van der Waals surface area contributed by atoms with Crippen LogP contribution >= 0.6 is 0 Å². The molecule has 1 aliphatic rings. The van der Waals surface area contributed by atoms with Gasteiger partial charge in [0.05, 0.1) is 12.2 Å². The molecule has 0 aliphatic carbocycles. The fourth-order valence-corrected chi connectivity index (χ4v) is 1.82. The zero-order valence-corrected chi connectivity index (χ0v) is 9.68. The topological polar surface area (TPSA) is 67.4 Å². The van der Waals surface area contributed by atoms with E-state index in [0.717, 1.165) is 25.2 Å². The van der Waals surface area contributed by atoms with E-state index in [9.17, 15) is 4.79 Å². The van der Waals surface area contributed by atoms with Crippen molar-refractivity contribution in [2.75, 3.05) is 20.6 Å². The highest BCUT2D eigenvalue weighted by atomic mass is 16.2. The fourth-order valence-electron chi connectivity index (χ4n) is 1.82. The van der Waals surface area contributed by atoms with Crippen LogP contribution in [0, 0.1) is 0 Å². The second kappa shape index (κ2) is 4.23. The first kappa shape index (κ1) is 11.1. The average Bonchev–Trinajstić information content (AvgIpc) is 2.52. The number of nitrogens with two attached hydrogens (primary N) is 1. The van der Waals surface area contributed by atoms with Gasteiger partial charge in [-0.15, -0.1) is 0 Å². The molecule has 1 aromatic rings. The van der Waals surface area contributed by atoms with Crippen LogP contribution in [0.1, 0.15) is 22.6 Å². The van der Waals surface area contributed by atoms with Crippen molar-refractivity contribution in [2.24, 2.45) is 5.84 Å². The molecule has 0 saturated heterocycles. The van der Waals surface area contributed by atoms with Crippen molar-refractivity contribution in [3.8, 4) is 0 Å². The van der Waals surface area contributed by atoms with E-state index in [-0.39, 0.29) is 5.91 Å². The lowest BCUT2D eigenvalue weighted by molar-refractivity contribution is 0.0821. The van der Waals surface area contributed by atoms with E-state index in [1.165, 1.54) is 4.90 Å². The number of hydrogen-bond acceptors (Lipinski definition) is 4. The predicted molar refractivity (Wildman–Crippen MR) is 59.5 cm³/mol. The molecule has 1 amide bonds. The minimum absolute atomic E-state index is 0.0656. The zero-order chi connectivity index (χ0) is 11.7. The number of carbonyl (C=O) groups excluding carboxylic acids is 1. The summed E-state index contributed by atoms with van der Waals surface area (Å²) in [5, 5.41) is 6.06. The number of carbonyl (C=O) groups is 1. The zero-order valence-electron chi connectivity index (χ0n) is 9.68. The molecule has 6 nitrogen and oxygen atoms in total. The standard InChI is InChI=1S/C10H17N5O/c1-13(2)10(16)9-6-8-7-14(11)4-3-5-15(8)12-9/h6H,3-5,7,11H2,1-2H3. The van der Waals surface area contributed by atoms with Gasteiger partial charge in [-0.1, -0.05) is 0 Å². The molecule has 1 aliphatic heterocycles. The lowest BCUT2D eigenvalue weighted by atomic mass is 10.3. The van der Waals surface area contributed by atoms with Crippen LogP contribution in [0.3, 0.4) is 0 Å². The van der Waals surface area contributed by atoms with Crippen LogP contribution in [0.4, 0.5) is 0 Å². The Morgan fingerprint density at radius 3 is 2.94 bits per heavy atom. The van der Waals surface area contributed by atoms with Crippen LogP contribution in [0.15, 0.2) is 6.07 Å². The molecule has 2 rings (SSSR count). The fraction of sp³-hybridized carbons (Fsp3) is 0.600. The molecule has 88 valence electrons. The monoisotopic (exact) mass is 223 g/mol. The quantitative estimate of drug-likeness (QED) is 0.662. The summed E-state index contributed by atoms with van der Waals surface area (Å²) in [5.74, 6) is 5.73. The SMILES string of the molecule is CN(C)C(=O)c1cc2n(n1)CCCN(N)C2. The van der Waals surface area contributed by atoms with Crippen LogP contribution in [0.2, 0.25) is 0 Å². The second-order valence-electron chi connectivity index (χ2n) is 4.27. The second-order valence-corrected chi connectivity index (χ2v) is 4.27. The third-order valence-corrected chi connectivity index (χ3v) is 2.67. The Hall–Kier alpha value is -1.40. The first-order valence-corrected chi connectivity index (χ1v) is 5.36. The molecule has 0 radical (unpaired) electrons. The third-order valence-electron chi connectivity index (χ3n) is 2.67. The number of rotatable bonds is 1. The molecule has 2 N–H and O–H groups in total. The van der Waals surface area contributed by atoms with Crippen molar-refractivity contribution in [3.63, 3.8) is 0 Å². The van der Waals surface area contributed by atoms with Crippen molar-refractivity contribution < 1.29 is 4.79 Å². The summed E-state index contributed by atoms with van der Waals surface area (Å²) in [6.07, 6.45) is 0.959. The maximum atomic E-state index is 11.7. The summed E-state index contributed by atoms with van der Waals surface area (Å²) < 4.78 is 1.88. The van der Waals surface area contributed by atoms with Gasteiger partial charge >= 0.3 is 0 Å². The van der Waals surface area contributed by atoms with Gasteiger partial charge in [0.2, 0.25) is 0 Å². The summed E-state index contributed by atoms with van der Waals surface area (Å²) in [7, 11) is 3.45. The highest BCUT2D eigenvalue weighted by molar-refractivity contribution is 5.92. The van der Waals surface area contributed by atoms with Crippen LogP contribution in [-0.4, -0.2) is 46.2 Å². The molecule has 0 saturated carbocycles. The maximum absolute atomic E-state index is 11.7. The number of fused-ring (bicyclic) bond motifs is 1. The molecule has 0 fully saturated rings. The maximum Gasteiger partial charge on any atom is 0.273 e. The number of hydrogen-bond donors (Lipinski definition) is 1. The summed E-state index contributed by atoms with van der Waals surface area (Å²) in [5.41, 5.74) is 1.50. The van der Waals surface area contributed by atoms with Crippen molar-refractivity contribution in [3.05, 3.63) is 17.5 Å². The molecule has 6 heteroatoms. The summed E-state index contributed by atoms with van der Waals surface area (Å²) in [4.78, 5) is 13.3. The van der Waals surface area contributed by atoms with E-state index in [4.69, 9.17) is 5.84 Å². The Bertz CT molecular complexity index is 398. The minimum atomic E-state index is -0.0656. The molecule has 16 heavy (non-hydrogen) atoms. The van der Waals surface area contributed by atoms with Gasteiger partial charge in [0, 0.05) is 27.2 Å². The number of aromatic nitrogens is 2. The van der Waals surface area contributed by atoms with Crippen LogP contribution < -0.4 is 5.84 Å². The molecular weight excluding hydrogens is 206 g/mol. The van der Waals surface area contributed by atoms with Crippen molar-refractivity contribution >= 4 is 5.91 Å². The number of hydrazine groups is 1. The van der Waals surface area contributed by atoms with Gasteiger partial charge in [0.15, 0.2) is 5.69 Å². The molecule has 0 unspecified atom stereocenters. The Labute approximate surface area is 94.6 Å². The van der Waals surface area contributed by atoms with Gasteiger partial charge in [-0.3, -0.25) is 15.3 Å². The summed E-state index contributed by atoms with van der Waals surface area (Å²) in [6.45, 7) is 2.33. The Morgan fingerprint density at radius 1 is 1.50 bits per heavy atom. The molecule has 1 aromatic heterocycles. The van der Waals surface area contributed by atoms with Crippen molar-refractivity contribution in [2.45, 2.75) is 19.5 Å². The van der Waals surface area contributed by atoms with Gasteiger partial charge in [-0.05, 0) is 12.5 Å². The van der Waals surface area contributed by atoms with Crippen molar-refractivity contribution in [1.29, 1.82) is 0 Å². The van der Waals surface area contributed by atoms with Gasteiger partial charge in [0.25, 0.3) is 5.91 Å². The molecule has 0 bridgehead atoms. The third kappa shape index (κ3) is 2.07. The Kier molecular flexibility index (Phi) is 2.93. The normalized spacial score (nSPS) is 16.7. The van der Waals surface area contributed by atoms with Gasteiger partial charge in [0.1, 0.15) is 0 Å². The Morgan fingerprint density at radius 2 is 2.25 bits per heavy atom. The molecular formula is C10H17N5O. The van der Waals surface area contributed by atoms with Gasteiger partial charge in [-0.25, -0.2) is 5.01 Å². The predicted octanol–water partition coefficient (Wildman–Crippen LogP) is -0.336. The average molecular weight is 223 g/mol. The lowest BCUT2D eigenvalue weighted by Gasteiger charge is -2.10. The van der Waals surface area contributed by atoms with E-state index in [1.54, 1.807) is 19.1 Å². The van der Waals surface area contributed by atoms with E-state index in [0.29, 0.717) is 12.2 Å². The van der Waals surface area contributed by atoms with Crippen LogP contribution in [-0.2, 0) is 13.1 Å². The lowest BCUT2D eigenvalue weighted by Crippen LogP contribution is -2.30. The van der Waals surface area contributed by atoms with Gasteiger partial charge < -0.3 is 4.90 Å². The first-order chi connectivity index (χ1) is 7.58. The van der Waals surface area contributed by atoms with E-state index in [2.05, 4.69) is 5.10 Å². The van der Waals surface area contributed by atoms with Gasteiger partial charge in [-0.2, -0.15) is 5.10 Å². The molecule has 0 spiro atoms. The molecule has 0 aromatic carbocycles.